The summed E-state index contributed by atoms with van der Waals surface area (Å²) in [5.74, 6) is 0. The van der Waals surface area contributed by atoms with Crippen molar-refractivity contribution < 1.29 is 4.84 Å². The van der Waals surface area contributed by atoms with Gasteiger partial charge in [0.1, 0.15) is 0 Å². The van der Waals surface area contributed by atoms with Gasteiger partial charge in [-0.2, -0.15) is 5.06 Å². The Hall–Kier alpha value is -0.0800. The highest BCUT2D eigenvalue weighted by atomic mass is 16.7. The fourth-order valence-corrected chi connectivity index (χ4v) is 1.32. The Morgan fingerprint density at radius 3 is 1.91 bits per heavy atom. The lowest BCUT2D eigenvalue weighted by Crippen LogP contribution is -2.34. The van der Waals surface area contributed by atoms with Crippen molar-refractivity contribution in [3.8, 4) is 0 Å². The van der Waals surface area contributed by atoms with E-state index >= 15 is 0 Å². The van der Waals surface area contributed by atoms with Crippen LogP contribution in [0.3, 0.4) is 0 Å². The van der Waals surface area contributed by atoms with Crippen molar-refractivity contribution in [1.82, 2.24) is 5.06 Å². The molecule has 2 nitrogen and oxygen atoms in total. The van der Waals surface area contributed by atoms with E-state index in [9.17, 15) is 0 Å². The normalized spacial score (nSPS) is 11.5. The highest BCUT2D eigenvalue weighted by Gasteiger charge is 2.12. The van der Waals surface area contributed by atoms with Gasteiger partial charge in [0.25, 0.3) is 0 Å². The SMILES string of the molecule is CCON(CC)C(CC)CC. The van der Waals surface area contributed by atoms with E-state index in [0.717, 1.165) is 13.2 Å². The first-order chi connectivity index (χ1) is 5.29. The number of hydrogen-bond acceptors (Lipinski definition) is 2. The average molecular weight is 159 g/mol. The van der Waals surface area contributed by atoms with Gasteiger partial charge in [-0.05, 0) is 19.8 Å². The minimum atomic E-state index is 0.597. The average Bonchev–Trinajstić information content (AvgIpc) is 2.05. The third-order valence-electron chi connectivity index (χ3n) is 1.96. The topological polar surface area (TPSA) is 12.5 Å². The van der Waals surface area contributed by atoms with Crippen LogP contribution < -0.4 is 0 Å². The quantitative estimate of drug-likeness (QED) is 0.552. The van der Waals surface area contributed by atoms with Crippen LogP contribution in [0.1, 0.15) is 40.5 Å². The van der Waals surface area contributed by atoms with E-state index < -0.39 is 0 Å². The van der Waals surface area contributed by atoms with Crippen LogP contribution in [-0.2, 0) is 4.84 Å². The molecule has 0 unspecified atom stereocenters. The maximum atomic E-state index is 5.47. The van der Waals surface area contributed by atoms with Crippen LogP contribution in [0.25, 0.3) is 0 Å². The molecule has 0 rings (SSSR count). The molecule has 0 aliphatic rings. The molecule has 0 aromatic rings. The third-order valence-corrected chi connectivity index (χ3v) is 1.96. The number of hydrogen-bond donors (Lipinski definition) is 0. The fraction of sp³-hybridized carbons (Fsp3) is 1.00. The summed E-state index contributed by atoms with van der Waals surface area (Å²) in [6.45, 7) is 10.3. The van der Waals surface area contributed by atoms with Crippen LogP contribution in [0.4, 0.5) is 0 Å². The second-order valence-electron chi connectivity index (χ2n) is 2.62. The van der Waals surface area contributed by atoms with Gasteiger partial charge in [-0.3, -0.25) is 4.84 Å². The first kappa shape index (κ1) is 10.9. The van der Waals surface area contributed by atoms with Crippen LogP contribution >= 0.6 is 0 Å². The first-order valence-electron chi connectivity index (χ1n) is 4.69. The van der Waals surface area contributed by atoms with E-state index in [1.807, 2.05) is 6.92 Å². The van der Waals surface area contributed by atoms with Gasteiger partial charge in [-0.25, -0.2) is 0 Å². The highest BCUT2D eigenvalue weighted by Crippen LogP contribution is 2.07. The summed E-state index contributed by atoms with van der Waals surface area (Å²) in [7, 11) is 0. The van der Waals surface area contributed by atoms with Crippen molar-refractivity contribution in [2.24, 2.45) is 0 Å². The first-order valence-corrected chi connectivity index (χ1v) is 4.69. The number of nitrogens with zero attached hydrogens (tertiary/aromatic N) is 1. The fourth-order valence-electron chi connectivity index (χ4n) is 1.32. The zero-order valence-electron chi connectivity index (χ0n) is 8.26. The summed E-state index contributed by atoms with van der Waals surface area (Å²) < 4.78 is 0. The van der Waals surface area contributed by atoms with Crippen molar-refractivity contribution >= 4 is 0 Å². The van der Waals surface area contributed by atoms with Gasteiger partial charge >= 0.3 is 0 Å². The summed E-state index contributed by atoms with van der Waals surface area (Å²) in [6.07, 6.45) is 2.34. The second kappa shape index (κ2) is 6.62. The van der Waals surface area contributed by atoms with Gasteiger partial charge in [-0.1, -0.05) is 20.8 Å². The maximum Gasteiger partial charge on any atom is 0.0657 e. The predicted octanol–water partition coefficient (Wildman–Crippen LogP) is 2.45. The van der Waals surface area contributed by atoms with E-state index in [2.05, 4.69) is 25.8 Å². The van der Waals surface area contributed by atoms with Crippen LogP contribution in [0.15, 0.2) is 0 Å². The summed E-state index contributed by atoms with van der Waals surface area (Å²) in [4.78, 5) is 5.47. The second-order valence-corrected chi connectivity index (χ2v) is 2.62. The van der Waals surface area contributed by atoms with Crippen LogP contribution in [-0.4, -0.2) is 24.3 Å². The molecule has 0 aromatic heterocycles. The number of rotatable bonds is 6. The third kappa shape index (κ3) is 3.73. The molecule has 0 N–H and O–H groups in total. The van der Waals surface area contributed by atoms with Gasteiger partial charge in [0.05, 0.1) is 6.61 Å². The van der Waals surface area contributed by atoms with E-state index in [0.29, 0.717) is 6.04 Å². The number of hydroxylamine groups is 2. The van der Waals surface area contributed by atoms with Gasteiger partial charge in [0, 0.05) is 12.6 Å². The van der Waals surface area contributed by atoms with E-state index in [1.165, 1.54) is 12.8 Å². The standard InChI is InChI=1S/C9H21NO/c1-5-9(6-2)10(7-3)11-8-4/h9H,5-8H2,1-4H3. The molecule has 0 saturated heterocycles. The summed E-state index contributed by atoms with van der Waals surface area (Å²) in [6, 6.07) is 0.597. The molecule has 2 heteroatoms. The Morgan fingerprint density at radius 1 is 1.09 bits per heavy atom. The molecule has 0 atom stereocenters. The Labute approximate surface area is 70.5 Å². The molecule has 0 aromatic carbocycles. The van der Waals surface area contributed by atoms with Crippen LogP contribution in [0, 0.1) is 0 Å². The van der Waals surface area contributed by atoms with Crippen molar-refractivity contribution in [3.63, 3.8) is 0 Å². The molecule has 0 bridgehead atoms. The van der Waals surface area contributed by atoms with Gasteiger partial charge in [-0.15, -0.1) is 0 Å². The molecule has 0 amide bonds. The molecule has 0 heterocycles. The molecule has 0 saturated carbocycles. The van der Waals surface area contributed by atoms with Crippen molar-refractivity contribution in [2.45, 2.75) is 46.6 Å². The molecule has 0 radical (unpaired) electrons. The Kier molecular flexibility index (Phi) is 6.57. The largest absolute Gasteiger partial charge is 0.299 e. The molecule has 0 fully saturated rings. The lowest BCUT2D eigenvalue weighted by atomic mass is 10.2. The smallest absolute Gasteiger partial charge is 0.0657 e. The van der Waals surface area contributed by atoms with Gasteiger partial charge in [0.15, 0.2) is 0 Å². The van der Waals surface area contributed by atoms with Crippen molar-refractivity contribution in [1.29, 1.82) is 0 Å². The van der Waals surface area contributed by atoms with E-state index in [1.54, 1.807) is 0 Å². The van der Waals surface area contributed by atoms with Crippen molar-refractivity contribution in [3.05, 3.63) is 0 Å². The Bertz CT molecular complexity index is 81.6. The van der Waals surface area contributed by atoms with Crippen LogP contribution in [0.5, 0.6) is 0 Å². The summed E-state index contributed by atoms with van der Waals surface area (Å²) in [5.41, 5.74) is 0. The maximum absolute atomic E-state index is 5.47. The molecular formula is C9H21NO. The Morgan fingerprint density at radius 2 is 1.64 bits per heavy atom. The monoisotopic (exact) mass is 159 g/mol. The molecule has 11 heavy (non-hydrogen) atoms. The molecule has 0 aliphatic heterocycles. The molecule has 68 valence electrons. The Balaban J connectivity index is 3.76. The highest BCUT2D eigenvalue weighted by molar-refractivity contribution is 4.59. The molecule has 0 spiro atoms. The minimum Gasteiger partial charge on any atom is -0.299 e. The predicted molar refractivity (Wildman–Crippen MR) is 48.4 cm³/mol. The lowest BCUT2D eigenvalue weighted by Gasteiger charge is -2.27. The van der Waals surface area contributed by atoms with Crippen molar-refractivity contribution in [2.75, 3.05) is 13.2 Å². The zero-order valence-corrected chi connectivity index (χ0v) is 8.26. The molecule has 0 aliphatic carbocycles. The van der Waals surface area contributed by atoms with Gasteiger partial charge < -0.3 is 0 Å². The van der Waals surface area contributed by atoms with Crippen LogP contribution in [0.2, 0.25) is 0 Å². The summed E-state index contributed by atoms with van der Waals surface area (Å²) in [5, 5.41) is 2.08. The lowest BCUT2D eigenvalue weighted by molar-refractivity contribution is -0.180. The summed E-state index contributed by atoms with van der Waals surface area (Å²) >= 11 is 0. The zero-order chi connectivity index (χ0) is 8.69. The minimum absolute atomic E-state index is 0.597. The van der Waals surface area contributed by atoms with E-state index in [-0.39, 0.29) is 0 Å². The van der Waals surface area contributed by atoms with Gasteiger partial charge in [0.2, 0.25) is 0 Å². The molecular weight excluding hydrogens is 138 g/mol. The van der Waals surface area contributed by atoms with E-state index in [4.69, 9.17) is 4.84 Å².